The number of aliphatic imine (C=N–C) groups is 1. The van der Waals surface area contributed by atoms with E-state index in [0.717, 1.165) is 31.5 Å². The zero-order valence-electron chi connectivity index (χ0n) is 15.8. The van der Waals surface area contributed by atoms with Crippen LogP contribution in [0, 0.1) is 0 Å². The highest BCUT2D eigenvalue weighted by Gasteiger charge is 2.34. The number of nitrogens with zero attached hydrogens (tertiary/aromatic N) is 2. The van der Waals surface area contributed by atoms with Gasteiger partial charge in [0.15, 0.2) is 0 Å². The van der Waals surface area contributed by atoms with Gasteiger partial charge in [-0.25, -0.2) is 9.48 Å². The quantitative estimate of drug-likeness (QED) is 0.280. The molecule has 2 N–H and O–H groups in total. The van der Waals surface area contributed by atoms with Crippen LogP contribution in [0.3, 0.4) is 0 Å². The van der Waals surface area contributed by atoms with Crippen LogP contribution in [0.2, 0.25) is 0 Å². The zero-order valence-corrected chi connectivity index (χ0v) is 15.8. The average molecular weight is 350 g/mol. The minimum atomic E-state index is -1.06. The molecule has 5 heteroatoms. The average Bonchev–Trinajstić information content (AvgIpc) is 2.94. The summed E-state index contributed by atoms with van der Waals surface area (Å²) < 4.78 is 0.223. The molecule has 25 heavy (non-hydrogen) atoms. The van der Waals surface area contributed by atoms with E-state index in [1.54, 1.807) is 6.20 Å². The number of quaternary nitrogens is 1. The molecular weight excluding hydrogens is 314 g/mol. The molecule has 0 saturated heterocycles. The van der Waals surface area contributed by atoms with Crippen molar-refractivity contribution in [1.29, 1.82) is 0 Å². The predicted octanol–water partition coefficient (Wildman–Crippen LogP) is 2.87. The topological polar surface area (TPSA) is 78.5 Å². The Morgan fingerprint density at radius 2 is 1.84 bits per heavy atom. The summed E-state index contributed by atoms with van der Waals surface area (Å²) in [6.07, 6.45) is 20.0. The van der Waals surface area contributed by atoms with Gasteiger partial charge in [-0.1, -0.05) is 51.2 Å². The second-order valence-corrected chi connectivity index (χ2v) is 6.84. The van der Waals surface area contributed by atoms with Crippen LogP contribution in [-0.2, 0) is 4.79 Å². The highest BCUT2D eigenvalue weighted by molar-refractivity contribution is 5.80. The Hall–Kier alpha value is -1.46. The first-order valence-electron chi connectivity index (χ1n) is 9.81. The largest absolute Gasteiger partial charge is 0.544 e. The van der Waals surface area contributed by atoms with Gasteiger partial charge in [-0.3, -0.25) is 0 Å². The Kier molecular flexibility index (Phi) is 11.1. The highest BCUT2D eigenvalue weighted by atomic mass is 16.4. The van der Waals surface area contributed by atoms with Crippen LogP contribution in [0.5, 0.6) is 0 Å². The molecular formula is C20H35N3O2. The fourth-order valence-electron chi connectivity index (χ4n) is 3.28. The number of carboxylic acid groups (broad SMARTS) is 1. The number of carbonyl (C=O) groups excluding carboxylic acids is 1. The molecule has 0 aromatic carbocycles. The number of aliphatic carboxylic acids is 1. The molecule has 0 amide bonds. The van der Waals surface area contributed by atoms with Gasteiger partial charge >= 0.3 is 0 Å². The first kappa shape index (κ1) is 21.6. The lowest BCUT2D eigenvalue weighted by molar-refractivity contribution is -0.780. The third-order valence-corrected chi connectivity index (χ3v) is 4.69. The van der Waals surface area contributed by atoms with E-state index >= 15 is 0 Å². The Labute approximate surface area is 152 Å². The number of amidine groups is 1. The molecule has 1 unspecified atom stereocenters. The van der Waals surface area contributed by atoms with Crippen molar-refractivity contribution in [2.45, 2.75) is 71.1 Å². The van der Waals surface area contributed by atoms with Gasteiger partial charge in [-0.05, 0) is 25.7 Å². The molecule has 142 valence electrons. The summed E-state index contributed by atoms with van der Waals surface area (Å²) in [5.41, 5.74) is 5.66. The van der Waals surface area contributed by atoms with Crippen molar-refractivity contribution in [3.8, 4) is 0 Å². The van der Waals surface area contributed by atoms with E-state index in [2.05, 4.69) is 24.1 Å². The number of hydrogen-bond donors (Lipinski definition) is 1. The monoisotopic (exact) mass is 349 g/mol. The van der Waals surface area contributed by atoms with E-state index < -0.39 is 5.97 Å². The third kappa shape index (κ3) is 8.45. The van der Waals surface area contributed by atoms with E-state index in [1.165, 1.54) is 38.5 Å². The van der Waals surface area contributed by atoms with E-state index in [0.29, 0.717) is 13.1 Å². The molecule has 0 aliphatic carbocycles. The summed E-state index contributed by atoms with van der Waals surface area (Å²) in [6.45, 7) is 3.14. The van der Waals surface area contributed by atoms with Gasteiger partial charge in [0.05, 0.1) is 12.2 Å². The first-order chi connectivity index (χ1) is 12.1. The lowest BCUT2D eigenvalue weighted by atomic mass is 10.1. The lowest BCUT2D eigenvalue weighted by Gasteiger charge is -2.32. The standard InChI is InChI=1S/C20H35N3O2/c1-2-3-4-5-6-7-8-9-10-11-12-13-19-22-15-17-23(19,16-14-21)18-20(24)25/h9-10,15,17H,2-8,11-14,16,18,21H2,1H3/b10-9+. The summed E-state index contributed by atoms with van der Waals surface area (Å²) >= 11 is 0. The number of carboxylic acids is 1. The zero-order chi connectivity index (χ0) is 18.4. The first-order valence-corrected chi connectivity index (χ1v) is 9.81. The van der Waals surface area contributed by atoms with Crippen LogP contribution in [0.4, 0.5) is 0 Å². The number of nitrogens with two attached hydrogens (primary N) is 1. The molecule has 0 fully saturated rings. The molecule has 0 aromatic heterocycles. The van der Waals surface area contributed by atoms with Crippen molar-refractivity contribution in [3.63, 3.8) is 0 Å². The molecule has 0 bridgehead atoms. The van der Waals surface area contributed by atoms with E-state index in [9.17, 15) is 9.90 Å². The van der Waals surface area contributed by atoms with Crippen LogP contribution >= 0.6 is 0 Å². The molecule has 5 nitrogen and oxygen atoms in total. The van der Waals surface area contributed by atoms with Crippen molar-refractivity contribution in [2.24, 2.45) is 10.7 Å². The number of hydrogen-bond acceptors (Lipinski definition) is 4. The smallest absolute Gasteiger partial charge is 0.207 e. The number of carbonyl (C=O) groups is 1. The van der Waals surface area contributed by atoms with Gasteiger partial charge in [0.25, 0.3) is 0 Å². The summed E-state index contributed by atoms with van der Waals surface area (Å²) in [5, 5.41) is 11.1. The van der Waals surface area contributed by atoms with Crippen molar-refractivity contribution in [2.75, 3.05) is 19.6 Å². The van der Waals surface area contributed by atoms with Crippen LogP contribution < -0.4 is 10.8 Å². The lowest BCUT2D eigenvalue weighted by Crippen LogP contribution is -2.55. The van der Waals surface area contributed by atoms with Gasteiger partial charge in [-0.15, -0.1) is 0 Å². The molecule has 1 heterocycles. The van der Waals surface area contributed by atoms with Gasteiger partial charge < -0.3 is 15.6 Å². The number of allylic oxidation sites excluding steroid dienone is 2. The molecule has 1 aliphatic heterocycles. The summed E-state index contributed by atoms with van der Waals surface area (Å²) in [6, 6.07) is 0. The minimum Gasteiger partial charge on any atom is -0.544 e. The van der Waals surface area contributed by atoms with Gasteiger partial charge in [-0.2, -0.15) is 0 Å². The maximum Gasteiger partial charge on any atom is 0.207 e. The van der Waals surface area contributed by atoms with Crippen molar-refractivity contribution in [1.82, 2.24) is 0 Å². The summed E-state index contributed by atoms with van der Waals surface area (Å²) in [4.78, 5) is 15.5. The fraction of sp³-hybridized carbons (Fsp3) is 0.700. The van der Waals surface area contributed by atoms with E-state index in [-0.39, 0.29) is 11.0 Å². The van der Waals surface area contributed by atoms with Crippen LogP contribution in [0.15, 0.2) is 29.5 Å². The predicted molar refractivity (Wildman–Crippen MR) is 102 cm³/mol. The summed E-state index contributed by atoms with van der Waals surface area (Å²) in [7, 11) is 0. The van der Waals surface area contributed by atoms with Gasteiger partial charge in [0.1, 0.15) is 19.3 Å². The Morgan fingerprint density at radius 3 is 2.52 bits per heavy atom. The van der Waals surface area contributed by atoms with Crippen molar-refractivity contribution < 1.29 is 14.4 Å². The van der Waals surface area contributed by atoms with Crippen LogP contribution in [0.1, 0.15) is 71.1 Å². The minimum absolute atomic E-state index is 0.0829. The fourth-order valence-corrected chi connectivity index (χ4v) is 3.28. The molecule has 1 rings (SSSR count). The third-order valence-electron chi connectivity index (χ3n) is 4.69. The van der Waals surface area contributed by atoms with Crippen molar-refractivity contribution in [3.05, 3.63) is 24.6 Å². The molecule has 0 aromatic rings. The normalized spacial score (nSPS) is 19.7. The van der Waals surface area contributed by atoms with Crippen molar-refractivity contribution >= 4 is 11.8 Å². The highest BCUT2D eigenvalue weighted by Crippen LogP contribution is 2.20. The summed E-state index contributed by atoms with van der Waals surface area (Å²) in [5.74, 6) is -0.175. The molecule has 1 atom stereocenters. The van der Waals surface area contributed by atoms with Gasteiger partial charge in [0, 0.05) is 13.0 Å². The maximum atomic E-state index is 11.1. The Morgan fingerprint density at radius 1 is 1.16 bits per heavy atom. The number of unbranched alkanes of at least 4 members (excludes halogenated alkanes) is 7. The van der Waals surface area contributed by atoms with Gasteiger partial charge in [0.2, 0.25) is 5.84 Å². The SMILES string of the molecule is CCCCCCCC/C=C/CCCC1=NC=C[N+]1(CCN)CC(=O)[O-]. The van der Waals surface area contributed by atoms with Crippen LogP contribution in [-0.4, -0.2) is 35.9 Å². The van der Waals surface area contributed by atoms with E-state index in [4.69, 9.17) is 5.73 Å². The van der Waals surface area contributed by atoms with E-state index in [1.807, 2.05) is 6.20 Å². The molecule has 0 spiro atoms. The second kappa shape index (κ2) is 12.8. The second-order valence-electron chi connectivity index (χ2n) is 6.84. The molecule has 1 aliphatic rings. The number of rotatable bonds is 15. The Bertz CT molecular complexity index is 472. The molecule has 0 saturated carbocycles. The molecule has 0 radical (unpaired) electrons. The Balaban J connectivity index is 2.22. The van der Waals surface area contributed by atoms with Crippen LogP contribution in [0.25, 0.3) is 0 Å². The maximum absolute atomic E-state index is 11.1.